The Kier molecular flexibility index (Phi) is 4.13. The number of hydrogen-bond acceptors (Lipinski definition) is 4. The second kappa shape index (κ2) is 6.10. The second-order valence-corrected chi connectivity index (χ2v) is 5.20. The van der Waals surface area contributed by atoms with E-state index in [1.807, 2.05) is 6.92 Å². The molecule has 3 rings (SSSR count). The van der Waals surface area contributed by atoms with Gasteiger partial charge >= 0.3 is 6.18 Å². The molecule has 5 nitrogen and oxygen atoms in total. The van der Waals surface area contributed by atoms with Crippen LogP contribution in [0.5, 0.6) is 5.88 Å². The highest BCUT2D eigenvalue weighted by Gasteiger charge is 2.30. The van der Waals surface area contributed by atoms with Gasteiger partial charge in [0.2, 0.25) is 5.88 Å². The summed E-state index contributed by atoms with van der Waals surface area (Å²) in [5.41, 5.74) is 2.08. The van der Waals surface area contributed by atoms with Gasteiger partial charge in [-0.3, -0.25) is 4.40 Å². The highest BCUT2D eigenvalue weighted by Crippen LogP contribution is 2.28. The van der Waals surface area contributed by atoms with Gasteiger partial charge in [0.1, 0.15) is 12.2 Å². The van der Waals surface area contributed by atoms with Crippen LogP contribution in [0.15, 0.2) is 30.6 Å². The van der Waals surface area contributed by atoms with E-state index >= 15 is 0 Å². The van der Waals surface area contributed by atoms with Gasteiger partial charge in [0, 0.05) is 12.4 Å². The standard InChI is InChI=1S/C16H15F3N4O/c1-3-24-15-11(5-4-7-20-15)12-6-8-23-13(9-16(17,18)19)21-10(2)14(23)22-12/h4-8H,3,9H2,1-2H3. The van der Waals surface area contributed by atoms with Crippen molar-refractivity contribution in [2.75, 3.05) is 6.61 Å². The van der Waals surface area contributed by atoms with Gasteiger partial charge < -0.3 is 4.74 Å². The molecule has 0 saturated heterocycles. The summed E-state index contributed by atoms with van der Waals surface area (Å²) >= 11 is 0. The van der Waals surface area contributed by atoms with Crippen LogP contribution in [0.25, 0.3) is 16.9 Å². The Morgan fingerprint density at radius 3 is 2.71 bits per heavy atom. The predicted octanol–water partition coefficient (Wildman–Crippen LogP) is 3.60. The zero-order valence-electron chi connectivity index (χ0n) is 13.1. The van der Waals surface area contributed by atoms with Gasteiger partial charge in [0.25, 0.3) is 0 Å². The van der Waals surface area contributed by atoms with Crippen molar-refractivity contribution in [1.29, 1.82) is 0 Å². The van der Waals surface area contributed by atoms with Crippen LogP contribution in [0, 0.1) is 6.92 Å². The van der Waals surface area contributed by atoms with Crippen LogP contribution >= 0.6 is 0 Å². The summed E-state index contributed by atoms with van der Waals surface area (Å²) in [6.07, 6.45) is -2.27. The first-order valence-corrected chi connectivity index (χ1v) is 7.38. The predicted molar refractivity (Wildman–Crippen MR) is 81.9 cm³/mol. The number of ether oxygens (including phenoxy) is 1. The monoisotopic (exact) mass is 336 g/mol. The minimum absolute atomic E-state index is 0.0785. The van der Waals surface area contributed by atoms with E-state index in [1.165, 1.54) is 4.40 Å². The third-order valence-electron chi connectivity index (χ3n) is 3.42. The van der Waals surface area contributed by atoms with E-state index in [-0.39, 0.29) is 5.82 Å². The molecule has 3 aromatic heterocycles. The first-order valence-electron chi connectivity index (χ1n) is 7.38. The highest BCUT2D eigenvalue weighted by molar-refractivity contribution is 5.67. The van der Waals surface area contributed by atoms with E-state index in [9.17, 15) is 13.2 Å². The molecule has 0 atom stereocenters. The van der Waals surface area contributed by atoms with Gasteiger partial charge in [-0.1, -0.05) is 0 Å². The van der Waals surface area contributed by atoms with Crippen LogP contribution in [0.1, 0.15) is 18.4 Å². The zero-order chi connectivity index (χ0) is 17.3. The number of aromatic nitrogens is 4. The molecule has 0 unspecified atom stereocenters. The van der Waals surface area contributed by atoms with Crippen LogP contribution < -0.4 is 4.74 Å². The smallest absolute Gasteiger partial charge is 0.396 e. The maximum absolute atomic E-state index is 12.7. The summed E-state index contributed by atoms with van der Waals surface area (Å²) in [7, 11) is 0. The molecule has 0 fully saturated rings. The molecule has 126 valence electrons. The minimum atomic E-state index is -4.32. The SMILES string of the molecule is CCOc1ncccc1-c1ccn2c(CC(F)(F)F)nc(C)c2n1. The molecule has 0 N–H and O–H groups in total. The molecule has 8 heteroatoms. The first-order chi connectivity index (χ1) is 11.4. The van der Waals surface area contributed by atoms with Crippen molar-refractivity contribution in [1.82, 2.24) is 19.4 Å². The van der Waals surface area contributed by atoms with Crippen LogP contribution in [0.4, 0.5) is 13.2 Å². The molecule has 0 radical (unpaired) electrons. The Hall–Kier alpha value is -2.64. The third kappa shape index (κ3) is 3.17. The number of imidazole rings is 1. The lowest BCUT2D eigenvalue weighted by atomic mass is 10.2. The Bertz CT molecular complexity index is 873. The summed E-state index contributed by atoms with van der Waals surface area (Å²) in [4.78, 5) is 12.6. The first kappa shape index (κ1) is 16.2. The van der Waals surface area contributed by atoms with Gasteiger partial charge in [-0.15, -0.1) is 0 Å². The van der Waals surface area contributed by atoms with Crippen molar-refractivity contribution in [3.63, 3.8) is 0 Å². The summed E-state index contributed by atoms with van der Waals surface area (Å²) < 4.78 is 44.8. The quantitative estimate of drug-likeness (QED) is 0.730. The van der Waals surface area contributed by atoms with Crippen molar-refractivity contribution in [3.8, 4) is 17.1 Å². The molecule has 0 bridgehead atoms. The average Bonchev–Trinajstić information content (AvgIpc) is 2.82. The van der Waals surface area contributed by atoms with E-state index in [0.717, 1.165) is 0 Å². The molecular formula is C16H15F3N4O. The molecule has 24 heavy (non-hydrogen) atoms. The van der Waals surface area contributed by atoms with Crippen LogP contribution in [0.2, 0.25) is 0 Å². The van der Waals surface area contributed by atoms with Gasteiger partial charge in [0.05, 0.1) is 23.6 Å². The number of halogens is 3. The fraction of sp³-hybridized carbons (Fsp3) is 0.312. The van der Waals surface area contributed by atoms with Crippen LogP contribution in [-0.4, -0.2) is 32.1 Å². The van der Waals surface area contributed by atoms with E-state index < -0.39 is 12.6 Å². The van der Waals surface area contributed by atoms with Crippen molar-refractivity contribution < 1.29 is 17.9 Å². The normalized spacial score (nSPS) is 11.9. The number of aryl methyl sites for hydroxylation is 1. The molecule has 0 aromatic carbocycles. The summed E-state index contributed by atoms with van der Waals surface area (Å²) in [6, 6.07) is 5.19. The number of alkyl halides is 3. The molecule has 0 aliphatic rings. The second-order valence-electron chi connectivity index (χ2n) is 5.20. The van der Waals surface area contributed by atoms with E-state index in [1.54, 1.807) is 37.5 Å². The summed E-state index contributed by atoms with van der Waals surface area (Å²) in [6.45, 7) is 3.94. The maximum Gasteiger partial charge on any atom is 0.396 e. The highest BCUT2D eigenvalue weighted by atomic mass is 19.4. The number of hydrogen-bond donors (Lipinski definition) is 0. The average molecular weight is 336 g/mol. The Labute approximate surface area is 136 Å². The summed E-state index contributed by atoms with van der Waals surface area (Å²) in [5.74, 6) is 0.356. The molecular weight excluding hydrogens is 321 g/mol. The number of pyridine rings is 1. The van der Waals surface area contributed by atoms with E-state index in [2.05, 4.69) is 15.0 Å². The van der Waals surface area contributed by atoms with Crippen LogP contribution in [-0.2, 0) is 6.42 Å². The fourth-order valence-electron chi connectivity index (χ4n) is 2.47. The molecule has 0 spiro atoms. The van der Waals surface area contributed by atoms with Crippen molar-refractivity contribution in [2.45, 2.75) is 26.4 Å². The molecule has 0 amide bonds. The summed E-state index contributed by atoms with van der Waals surface area (Å²) in [5, 5.41) is 0. The van der Waals surface area contributed by atoms with Crippen molar-refractivity contribution in [2.24, 2.45) is 0 Å². The van der Waals surface area contributed by atoms with Gasteiger partial charge in [-0.25, -0.2) is 15.0 Å². The largest absolute Gasteiger partial charge is 0.477 e. The molecule has 3 heterocycles. The maximum atomic E-state index is 12.7. The Balaban J connectivity index is 2.09. The van der Waals surface area contributed by atoms with Gasteiger partial charge in [-0.2, -0.15) is 13.2 Å². The van der Waals surface area contributed by atoms with Crippen LogP contribution in [0.3, 0.4) is 0 Å². The topological polar surface area (TPSA) is 52.3 Å². The third-order valence-corrected chi connectivity index (χ3v) is 3.42. The van der Waals surface area contributed by atoms with Gasteiger partial charge in [-0.05, 0) is 32.0 Å². The molecule has 0 aliphatic heterocycles. The lowest BCUT2D eigenvalue weighted by Crippen LogP contribution is -2.14. The molecule has 0 saturated carbocycles. The number of nitrogens with zero attached hydrogens (tertiary/aromatic N) is 4. The van der Waals surface area contributed by atoms with Crippen molar-refractivity contribution in [3.05, 3.63) is 42.1 Å². The fourth-order valence-corrected chi connectivity index (χ4v) is 2.47. The number of rotatable bonds is 4. The molecule has 3 aromatic rings. The molecule has 0 aliphatic carbocycles. The van der Waals surface area contributed by atoms with Crippen molar-refractivity contribution >= 4 is 5.65 Å². The minimum Gasteiger partial charge on any atom is -0.477 e. The number of fused-ring (bicyclic) bond motifs is 1. The Morgan fingerprint density at radius 2 is 2.00 bits per heavy atom. The van der Waals surface area contributed by atoms with Gasteiger partial charge in [0.15, 0.2) is 5.65 Å². The lowest BCUT2D eigenvalue weighted by molar-refractivity contribution is -0.128. The Morgan fingerprint density at radius 1 is 1.21 bits per heavy atom. The zero-order valence-corrected chi connectivity index (χ0v) is 13.1. The van der Waals surface area contributed by atoms with E-state index in [0.29, 0.717) is 35.1 Å². The van der Waals surface area contributed by atoms with E-state index in [4.69, 9.17) is 4.74 Å². The lowest BCUT2D eigenvalue weighted by Gasteiger charge is -2.09.